The summed E-state index contributed by atoms with van der Waals surface area (Å²) in [7, 11) is 0. The Morgan fingerprint density at radius 1 is 1.73 bits per heavy atom. The van der Waals surface area contributed by atoms with Crippen molar-refractivity contribution in [2.24, 2.45) is 0 Å². The summed E-state index contributed by atoms with van der Waals surface area (Å²) in [5.74, 6) is 0.165. The van der Waals surface area contributed by atoms with Crippen molar-refractivity contribution in [1.82, 2.24) is 10.6 Å². The summed E-state index contributed by atoms with van der Waals surface area (Å²) in [6.07, 6.45) is 5.01. The van der Waals surface area contributed by atoms with Crippen molar-refractivity contribution in [2.75, 3.05) is 6.54 Å². The molecule has 1 aromatic rings. The highest BCUT2D eigenvalue weighted by atomic mass is 16.3. The minimum atomic E-state index is 0.165. The molecule has 1 amide bonds. The fraction of sp³-hybridized carbons (Fsp3) is 0.545. The SMILES string of the molecule is CC(NCC1CCC(=O)N1)c1ccoc1. The molecule has 82 valence electrons. The lowest BCUT2D eigenvalue weighted by atomic mass is 10.1. The molecule has 0 aliphatic carbocycles. The van der Waals surface area contributed by atoms with Crippen molar-refractivity contribution in [2.45, 2.75) is 31.8 Å². The second kappa shape index (κ2) is 4.49. The summed E-state index contributed by atoms with van der Waals surface area (Å²) in [4.78, 5) is 11.0. The summed E-state index contributed by atoms with van der Waals surface area (Å²) in [5, 5.41) is 6.30. The van der Waals surface area contributed by atoms with Crippen LogP contribution in [-0.2, 0) is 4.79 Å². The van der Waals surface area contributed by atoms with Crippen LogP contribution in [-0.4, -0.2) is 18.5 Å². The van der Waals surface area contributed by atoms with Gasteiger partial charge in [-0.3, -0.25) is 4.79 Å². The van der Waals surface area contributed by atoms with Crippen molar-refractivity contribution in [1.29, 1.82) is 0 Å². The molecule has 0 saturated carbocycles. The standard InChI is InChI=1S/C11H16N2O2/c1-8(9-4-5-15-7-9)12-6-10-2-3-11(14)13-10/h4-5,7-8,10,12H,2-3,6H2,1H3,(H,13,14). The summed E-state index contributed by atoms with van der Waals surface area (Å²) in [6, 6.07) is 2.50. The normalized spacial score (nSPS) is 22.7. The van der Waals surface area contributed by atoms with Crippen molar-refractivity contribution >= 4 is 5.91 Å². The minimum Gasteiger partial charge on any atom is -0.472 e. The molecule has 0 aromatic carbocycles. The molecule has 2 N–H and O–H groups in total. The molecule has 0 bridgehead atoms. The number of rotatable bonds is 4. The third-order valence-corrected chi connectivity index (χ3v) is 2.80. The monoisotopic (exact) mass is 208 g/mol. The van der Waals surface area contributed by atoms with Gasteiger partial charge < -0.3 is 15.1 Å². The Morgan fingerprint density at radius 3 is 3.20 bits per heavy atom. The number of carbonyl (C=O) groups excluding carboxylic acids is 1. The van der Waals surface area contributed by atoms with Crippen LogP contribution in [0.4, 0.5) is 0 Å². The lowest BCUT2D eigenvalue weighted by Crippen LogP contribution is -2.36. The van der Waals surface area contributed by atoms with Gasteiger partial charge in [-0.15, -0.1) is 0 Å². The van der Waals surface area contributed by atoms with Crippen LogP contribution in [0.15, 0.2) is 23.0 Å². The molecule has 1 aliphatic rings. The van der Waals surface area contributed by atoms with Gasteiger partial charge in [-0.05, 0) is 19.4 Å². The molecule has 1 aliphatic heterocycles. The van der Waals surface area contributed by atoms with Crippen molar-refractivity contribution < 1.29 is 9.21 Å². The molecule has 1 saturated heterocycles. The van der Waals surface area contributed by atoms with Crippen LogP contribution in [0.25, 0.3) is 0 Å². The van der Waals surface area contributed by atoms with E-state index in [0.29, 0.717) is 6.42 Å². The lowest BCUT2D eigenvalue weighted by Gasteiger charge is -2.15. The maximum Gasteiger partial charge on any atom is 0.220 e. The predicted molar refractivity (Wildman–Crippen MR) is 56.3 cm³/mol. The van der Waals surface area contributed by atoms with Crippen LogP contribution in [0.2, 0.25) is 0 Å². The highest BCUT2D eigenvalue weighted by Crippen LogP contribution is 2.13. The third-order valence-electron chi connectivity index (χ3n) is 2.80. The van der Waals surface area contributed by atoms with Gasteiger partial charge in [0.05, 0.1) is 12.5 Å². The molecular weight excluding hydrogens is 192 g/mol. The molecule has 4 nitrogen and oxygen atoms in total. The van der Waals surface area contributed by atoms with Crippen LogP contribution in [0, 0.1) is 0 Å². The first-order chi connectivity index (χ1) is 7.25. The molecule has 1 fully saturated rings. The van der Waals surface area contributed by atoms with Gasteiger partial charge in [-0.2, -0.15) is 0 Å². The van der Waals surface area contributed by atoms with E-state index in [9.17, 15) is 4.79 Å². The molecule has 0 radical (unpaired) electrons. The van der Waals surface area contributed by atoms with Gasteiger partial charge >= 0.3 is 0 Å². The molecule has 1 aromatic heterocycles. The second-order valence-corrected chi connectivity index (χ2v) is 3.99. The van der Waals surface area contributed by atoms with E-state index < -0.39 is 0 Å². The van der Waals surface area contributed by atoms with Gasteiger partial charge in [0.15, 0.2) is 0 Å². The van der Waals surface area contributed by atoms with Crippen LogP contribution >= 0.6 is 0 Å². The maximum atomic E-state index is 11.0. The van der Waals surface area contributed by atoms with E-state index in [-0.39, 0.29) is 18.0 Å². The van der Waals surface area contributed by atoms with Gasteiger partial charge in [0.2, 0.25) is 5.91 Å². The first-order valence-corrected chi connectivity index (χ1v) is 5.30. The number of carbonyl (C=O) groups is 1. The molecule has 2 rings (SSSR count). The zero-order valence-corrected chi connectivity index (χ0v) is 8.82. The average molecular weight is 208 g/mol. The van der Waals surface area contributed by atoms with Crippen molar-refractivity contribution in [3.8, 4) is 0 Å². The number of hydrogen-bond acceptors (Lipinski definition) is 3. The first kappa shape index (κ1) is 10.2. The zero-order chi connectivity index (χ0) is 10.7. The summed E-state index contributed by atoms with van der Waals surface area (Å²) in [5.41, 5.74) is 1.14. The summed E-state index contributed by atoms with van der Waals surface area (Å²) in [6.45, 7) is 2.90. The number of hydrogen-bond donors (Lipinski definition) is 2. The molecule has 15 heavy (non-hydrogen) atoms. The van der Waals surface area contributed by atoms with Crippen molar-refractivity contribution in [3.63, 3.8) is 0 Å². The fourth-order valence-electron chi connectivity index (χ4n) is 1.79. The van der Waals surface area contributed by atoms with E-state index in [1.54, 1.807) is 12.5 Å². The Labute approximate surface area is 89.0 Å². The minimum absolute atomic E-state index is 0.165. The van der Waals surface area contributed by atoms with Gasteiger partial charge in [0.25, 0.3) is 0 Å². The van der Waals surface area contributed by atoms with Crippen molar-refractivity contribution in [3.05, 3.63) is 24.2 Å². The van der Waals surface area contributed by atoms with Crippen LogP contribution in [0.1, 0.15) is 31.4 Å². The molecule has 0 spiro atoms. The Morgan fingerprint density at radius 2 is 2.60 bits per heavy atom. The largest absolute Gasteiger partial charge is 0.472 e. The van der Waals surface area contributed by atoms with E-state index in [0.717, 1.165) is 18.5 Å². The third kappa shape index (κ3) is 2.59. The van der Waals surface area contributed by atoms with Gasteiger partial charge in [0, 0.05) is 30.6 Å². The lowest BCUT2D eigenvalue weighted by molar-refractivity contribution is -0.119. The highest BCUT2D eigenvalue weighted by molar-refractivity contribution is 5.78. The molecule has 2 unspecified atom stereocenters. The molecular formula is C11H16N2O2. The highest BCUT2D eigenvalue weighted by Gasteiger charge is 2.20. The van der Waals surface area contributed by atoms with E-state index in [1.807, 2.05) is 6.07 Å². The topological polar surface area (TPSA) is 54.3 Å². The summed E-state index contributed by atoms with van der Waals surface area (Å²) < 4.78 is 5.01. The Hall–Kier alpha value is -1.29. The Bertz CT molecular complexity index is 321. The van der Waals surface area contributed by atoms with E-state index in [4.69, 9.17) is 4.42 Å². The molecule has 2 atom stereocenters. The number of amides is 1. The first-order valence-electron chi connectivity index (χ1n) is 5.30. The second-order valence-electron chi connectivity index (χ2n) is 3.99. The smallest absolute Gasteiger partial charge is 0.220 e. The molecule has 4 heteroatoms. The van der Waals surface area contributed by atoms with E-state index in [2.05, 4.69) is 17.6 Å². The van der Waals surface area contributed by atoms with Gasteiger partial charge in [0.1, 0.15) is 0 Å². The van der Waals surface area contributed by atoms with Crippen LogP contribution < -0.4 is 10.6 Å². The zero-order valence-electron chi connectivity index (χ0n) is 8.82. The Kier molecular flexibility index (Phi) is 3.06. The maximum absolute atomic E-state index is 11.0. The van der Waals surface area contributed by atoms with Gasteiger partial charge in [-0.25, -0.2) is 0 Å². The summed E-state index contributed by atoms with van der Waals surface area (Å²) >= 11 is 0. The van der Waals surface area contributed by atoms with Crippen LogP contribution in [0.3, 0.4) is 0 Å². The fourth-order valence-corrected chi connectivity index (χ4v) is 1.79. The predicted octanol–water partition coefficient (Wildman–Crippen LogP) is 1.21. The molecule has 2 heterocycles. The van der Waals surface area contributed by atoms with E-state index >= 15 is 0 Å². The van der Waals surface area contributed by atoms with E-state index in [1.165, 1.54) is 0 Å². The quantitative estimate of drug-likeness (QED) is 0.782. The average Bonchev–Trinajstić information content (AvgIpc) is 2.84. The van der Waals surface area contributed by atoms with Gasteiger partial charge in [-0.1, -0.05) is 0 Å². The van der Waals surface area contributed by atoms with Crippen LogP contribution in [0.5, 0.6) is 0 Å². The number of nitrogens with one attached hydrogen (secondary N) is 2. The number of furan rings is 1. The Balaban J connectivity index is 1.76.